The summed E-state index contributed by atoms with van der Waals surface area (Å²) in [5.74, 6) is 0.683. The third kappa shape index (κ3) is 5.46. The van der Waals surface area contributed by atoms with Gasteiger partial charge in [0.05, 0.1) is 0 Å². The predicted octanol–water partition coefficient (Wildman–Crippen LogP) is 2.76. The molecule has 0 fully saturated rings. The fourth-order valence-electron chi connectivity index (χ4n) is 1.92. The fourth-order valence-corrected chi connectivity index (χ4v) is 3.14. The zero-order valence-corrected chi connectivity index (χ0v) is 13.3. The lowest BCUT2D eigenvalue weighted by atomic mass is 10.1. The van der Waals surface area contributed by atoms with Crippen LogP contribution in [0.4, 0.5) is 5.82 Å². The maximum Gasteiger partial charge on any atom is 0.242 e. The molecule has 0 aliphatic rings. The lowest BCUT2D eigenvalue weighted by Gasteiger charge is -2.14. The highest BCUT2D eigenvalue weighted by molar-refractivity contribution is 7.89. The van der Waals surface area contributed by atoms with E-state index in [0.717, 1.165) is 32.2 Å². The molecule has 1 rings (SSSR count). The summed E-state index contributed by atoms with van der Waals surface area (Å²) >= 11 is 0. The quantitative estimate of drug-likeness (QED) is 0.688. The Labute approximate surface area is 122 Å². The fraction of sp³-hybridized carbons (Fsp3) is 0.643. The number of aromatic nitrogens is 1. The van der Waals surface area contributed by atoms with Crippen molar-refractivity contribution in [3.8, 4) is 0 Å². The molecule has 6 heteroatoms. The van der Waals surface area contributed by atoms with Crippen LogP contribution in [0.25, 0.3) is 0 Å². The molecule has 1 atom stereocenters. The lowest BCUT2D eigenvalue weighted by molar-refractivity contribution is 0.527. The number of unbranched alkanes of at least 4 members (excludes halogenated alkanes) is 2. The summed E-state index contributed by atoms with van der Waals surface area (Å²) < 4.78 is 27.0. The molecule has 0 saturated heterocycles. The summed E-state index contributed by atoms with van der Waals surface area (Å²) in [6.07, 6.45) is 5.55. The molecule has 0 saturated carbocycles. The Balaban J connectivity index is 2.63. The highest BCUT2D eigenvalue weighted by atomic mass is 32.2. The number of pyridine rings is 1. The molecule has 0 amide bonds. The van der Waals surface area contributed by atoms with Crippen LogP contribution in [0.2, 0.25) is 0 Å². The Bertz CT molecular complexity index is 486. The molecule has 1 unspecified atom stereocenters. The topological polar surface area (TPSA) is 71.1 Å². The van der Waals surface area contributed by atoms with Gasteiger partial charge in [0.25, 0.3) is 0 Å². The minimum absolute atomic E-state index is 0.0556. The van der Waals surface area contributed by atoms with Crippen LogP contribution >= 0.6 is 0 Å². The Morgan fingerprint density at radius 2 is 2.00 bits per heavy atom. The van der Waals surface area contributed by atoms with Gasteiger partial charge in [-0.15, -0.1) is 0 Å². The molecule has 2 N–H and O–H groups in total. The van der Waals surface area contributed by atoms with Crippen molar-refractivity contribution < 1.29 is 8.42 Å². The van der Waals surface area contributed by atoms with E-state index in [4.69, 9.17) is 0 Å². The van der Waals surface area contributed by atoms with Crippen LogP contribution in [0, 0.1) is 0 Å². The zero-order chi connectivity index (χ0) is 15.0. The van der Waals surface area contributed by atoms with E-state index in [2.05, 4.69) is 21.9 Å². The van der Waals surface area contributed by atoms with Gasteiger partial charge in [-0.25, -0.2) is 18.1 Å². The molecule has 0 aliphatic carbocycles. The number of nitrogens with zero attached hydrogens (tertiary/aromatic N) is 1. The Hall–Kier alpha value is -1.14. The van der Waals surface area contributed by atoms with Crippen molar-refractivity contribution in [2.45, 2.75) is 57.4 Å². The van der Waals surface area contributed by atoms with Crippen molar-refractivity contribution in [3.05, 3.63) is 18.3 Å². The van der Waals surface area contributed by atoms with Crippen LogP contribution < -0.4 is 10.0 Å². The van der Waals surface area contributed by atoms with Gasteiger partial charge in [0.2, 0.25) is 10.0 Å². The van der Waals surface area contributed by atoms with Crippen molar-refractivity contribution in [3.63, 3.8) is 0 Å². The van der Waals surface area contributed by atoms with Crippen LogP contribution in [0.3, 0.4) is 0 Å². The van der Waals surface area contributed by atoms with Gasteiger partial charge in [0.15, 0.2) is 0 Å². The Kier molecular flexibility index (Phi) is 6.95. The number of nitrogens with one attached hydrogen (secondary N) is 2. The van der Waals surface area contributed by atoms with Gasteiger partial charge >= 0.3 is 0 Å². The number of hydrogen-bond donors (Lipinski definition) is 2. The van der Waals surface area contributed by atoms with E-state index in [1.54, 1.807) is 12.1 Å². The predicted molar refractivity (Wildman–Crippen MR) is 82.3 cm³/mol. The molecule has 0 aliphatic heterocycles. The van der Waals surface area contributed by atoms with Crippen molar-refractivity contribution in [2.75, 3.05) is 11.9 Å². The SMILES string of the molecule is CCCCCC(C)NS(=O)(=O)c1ccc(NCC)nc1. The van der Waals surface area contributed by atoms with Gasteiger partial charge in [0.1, 0.15) is 10.7 Å². The molecule has 1 heterocycles. The minimum Gasteiger partial charge on any atom is -0.370 e. The minimum atomic E-state index is -3.47. The van der Waals surface area contributed by atoms with E-state index in [1.807, 2.05) is 13.8 Å². The van der Waals surface area contributed by atoms with Crippen molar-refractivity contribution in [2.24, 2.45) is 0 Å². The maximum atomic E-state index is 12.2. The van der Waals surface area contributed by atoms with Crippen molar-refractivity contribution in [1.82, 2.24) is 9.71 Å². The number of sulfonamides is 1. The zero-order valence-electron chi connectivity index (χ0n) is 12.5. The van der Waals surface area contributed by atoms with Gasteiger partial charge in [-0.3, -0.25) is 0 Å². The first kappa shape index (κ1) is 16.9. The molecule has 20 heavy (non-hydrogen) atoms. The van der Waals surface area contributed by atoms with E-state index in [9.17, 15) is 8.42 Å². The first-order valence-electron chi connectivity index (χ1n) is 7.21. The molecular weight excluding hydrogens is 274 g/mol. The molecule has 0 spiro atoms. The molecule has 1 aromatic rings. The van der Waals surface area contributed by atoms with Crippen LogP contribution in [0.5, 0.6) is 0 Å². The van der Waals surface area contributed by atoms with Crippen LogP contribution in [0.1, 0.15) is 46.5 Å². The van der Waals surface area contributed by atoms with Crippen LogP contribution in [-0.4, -0.2) is 26.0 Å². The standard InChI is InChI=1S/C14H25N3O2S/c1-4-6-7-8-12(3)17-20(18,19)13-9-10-14(15-5-2)16-11-13/h9-12,17H,4-8H2,1-3H3,(H,15,16). The van der Waals surface area contributed by atoms with Crippen molar-refractivity contribution >= 4 is 15.8 Å². The first-order chi connectivity index (χ1) is 9.49. The van der Waals surface area contributed by atoms with E-state index in [1.165, 1.54) is 6.20 Å². The molecule has 1 aromatic heterocycles. The average Bonchev–Trinajstić information content (AvgIpc) is 2.39. The average molecular weight is 299 g/mol. The van der Waals surface area contributed by atoms with Gasteiger partial charge in [-0.05, 0) is 32.4 Å². The summed E-state index contributed by atoms with van der Waals surface area (Å²) in [4.78, 5) is 4.30. The van der Waals surface area contributed by atoms with E-state index >= 15 is 0 Å². The van der Waals surface area contributed by atoms with Crippen LogP contribution in [0.15, 0.2) is 23.2 Å². The summed E-state index contributed by atoms with van der Waals surface area (Å²) in [6.45, 7) is 6.75. The Morgan fingerprint density at radius 3 is 2.55 bits per heavy atom. The molecule has 5 nitrogen and oxygen atoms in total. The summed E-state index contributed by atoms with van der Waals surface area (Å²) in [5.41, 5.74) is 0. The van der Waals surface area contributed by atoms with Gasteiger partial charge in [-0.2, -0.15) is 0 Å². The summed E-state index contributed by atoms with van der Waals surface area (Å²) in [5, 5.41) is 3.03. The molecular formula is C14H25N3O2S. The largest absolute Gasteiger partial charge is 0.370 e. The molecule has 0 radical (unpaired) electrons. The van der Waals surface area contributed by atoms with Gasteiger partial charge in [0, 0.05) is 18.8 Å². The maximum absolute atomic E-state index is 12.2. The highest BCUT2D eigenvalue weighted by Crippen LogP contribution is 2.12. The second-order valence-corrected chi connectivity index (χ2v) is 6.64. The highest BCUT2D eigenvalue weighted by Gasteiger charge is 2.17. The molecule has 0 bridgehead atoms. The molecule has 0 aromatic carbocycles. The van der Waals surface area contributed by atoms with E-state index < -0.39 is 10.0 Å². The Morgan fingerprint density at radius 1 is 1.25 bits per heavy atom. The second-order valence-electron chi connectivity index (χ2n) is 4.93. The summed E-state index contributed by atoms with van der Waals surface area (Å²) in [7, 11) is -3.47. The summed E-state index contributed by atoms with van der Waals surface area (Å²) in [6, 6.07) is 3.20. The number of hydrogen-bond acceptors (Lipinski definition) is 4. The van der Waals surface area contributed by atoms with Crippen molar-refractivity contribution in [1.29, 1.82) is 0 Å². The van der Waals surface area contributed by atoms with Gasteiger partial charge < -0.3 is 5.32 Å². The number of rotatable bonds is 9. The van der Waals surface area contributed by atoms with E-state index in [-0.39, 0.29) is 10.9 Å². The second kappa shape index (κ2) is 8.21. The normalized spacial score (nSPS) is 13.2. The smallest absolute Gasteiger partial charge is 0.242 e. The van der Waals surface area contributed by atoms with Crippen LogP contribution in [-0.2, 0) is 10.0 Å². The van der Waals surface area contributed by atoms with E-state index in [0.29, 0.717) is 5.82 Å². The lowest BCUT2D eigenvalue weighted by Crippen LogP contribution is -2.32. The number of anilines is 1. The third-order valence-corrected chi connectivity index (χ3v) is 4.58. The third-order valence-electron chi connectivity index (χ3n) is 3.00. The monoisotopic (exact) mass is 299 g/mol. The molecule has 114 valence electrons. The van der Waals surface area contributed by atoms with Gasteiger partial charge in [-0.1, -0.05) is 26.2 Å². The first-order valence-corrected chi connectivity index (χ1v) is 8.70.